The van der Waals surface area contributed by atoms with E-state index in [1.165, 1.54) is 24.8 Å². The van der Waals surface area contributed by atoms with E-state index in [9.17, 15) is 0 Å². The highest BCUT2D eigenvalue weighted by Crippen LogP contribution is 2.52. The zero-order valence-corrected chi connectivity index (χ0v) is 15.7. The lowest BCUT2D eigenvalue weighted by Crippen LogP contribution is -2.68. The first kappa shape index (κ1) is 16.9. The Hall–Kier alpha value is -1.55. The van der Waals surface area contributed by atoms with Crippen molar-refractivity contribution >= 4 is 5.96 Å². The van der Waals surface area contributed by atoms with Crippen LogP contribution in [0.4, 0.5) is 0 Å². The minimum Gasteiger partial charge on any atom is -0.377 e. The van der Waals surface area contributed by atoms with Crippen LogP contribution in [0.3, 0.4) is 0 Å². The number of rotatable bonds is 3. The summed E-state index contributed by atoms with van der Waals surface area (Å²) in [6.07, 6.45) is 4.02. The molecule has 136 valence electrons. The van der Waals surface area contributed by atoms with Gasteiger partial charge in [0.25, 0.3) is 0 Å². The molecule has 4 nitrogen and oxygen atoms in total. The highest BCUT2D eigenvalue weighted by molar-refractivity contribution is 5.80. The first-order chi connectivity index (χ1) is 12.1. The molecule has 1 aromatic rings. The van der Waals surface area contributed by atoms with Gasteiger partial charge in [0.2, 0.25) is 0 Å². The second-order valence-corrected chi connectivity index (χ2v) is 8.52. The minimum atomic E-state index is 0.195. The van der Waals surface area contributed by atoms with Gasteiger partial charge in [-0.3, -0.25) is 4.99 Å². The highest BCUT2D eigenvalue weighted by Gasteiger charge is 2.59. The Kier molecular flexibility index (Phi) is 4.48. The maximum Gasteiger partial charge on any atom is 0.193 e. The first-order valence-electron chi connectivity index (χ1n) is 9.73. The molecule has 4 heteroatoms. The van der Waals surface area contributed by atoms with Crippen LogP contribution in [-0.2, 0) is 11.2 Å². The van der Waals surface area contributed by atoms with Gasteiger partial charge in [-0.1, -0.05) is 44.2 Å². The Morgan fingerprint density at radius 2 is 2.08 bits per heavy atom. The maximum atomic E-state index is 5.93. The van der Waals surface area contributed by atoms with E-state index in [0.717, 1.165) is 31.6 Å². The van der Waals surface area contributed by atoms with Gasteiger partial charge in [-0.25, -0.2) is 0 Å². The zero-order valence-electron chi connectivity index (χ0n) is 15.7. The highest BCUT2D eigenvalue weighted by atomic mass is 16.5. The van der Waals surface area contributed by atoms with Crippen LogP contribution in [0.5, 0.6) is 0 Å². The van der Waals surface area contributed by atoms with Gasteiger partial charge in [-0.05, 0) is 30.7 Å². The van der Waals surface area contributed by atoms with Gasteiger partial charge in [0.15, 0.2) is 5.96 Å². The number of fused-ring (bicyclic) bond motifs is 1. The second kappa shape index (κ2) is 6.64. The average Bonchev–Trinajstić information content (AvgIpc) is 3.25. The molecule has 1 aromatic carbocycles. The molecule has 2 heterocycles. The summed E-state index contributed by atoms with van der Waals surface area (Å²) < 4.78 is 5.93. The summed E-state index contributed by atoms with van der Waals surface area (Å²) in [5, 5.41) is 3.79. The van der Waals surface area contributed by atoms with Crippen molar-refractivity contribution in [3.63, 3.8) is 0 Å². The van der Waals surface area contributed by atoms with Crippen molar-refractivity contribution in [1.82, 2.24) is 10.2 Å². The molecule has 4 unspecified atom stereocenters. The molecule has 2 aliphatic heterocycles. The Morgan fingerprint density at radius 3 is 2.84 bits per heavy atom. The van der Waals surface area contributed by atoms with Gasteiger partial charge in [-0.15, -0.1) is 0 Å². The van der Waals surface area contributed by atoms with Gasteiger partial charge in [-0.2, -0.15) is 0 Å². The lowest BCUT2D eigenvalue weighted by molar-refractivity contribution is -0.107. The molecule has 0 radical (unpaired) electrons. The number of nitrogens with zero attached hydrogens (tertiary/aromatic N) is 2. The third kappa shape index (κ3) is 3.05. The fourth-order valence-corrected chi connectivity index (χ4v) is 5.19. The fourth-order valence-electron chi connectivity index (χ4n) is 5.19. The van der Waals surface area contributed by atoms with Crippen molar-refractivity contribution < 1.29 is 4.74 Å². The van der Waals surface area contributed by atoms with E-state index in [1.54, 1.807) is 0 Å². The molecule has 4 atom stereocenters. The number of benzene rings is 1. The molecule has 4 rings (SSSR count). The van der Waals surface area contributed by atoms with E-state index < -0.39 is 0 Å². The molecular formula is C21H31N3O. The summed E-state index contributed by atoms with van der Waals surface area (Å²) in [5.41, 5.74) is 1.64. The number of guanidine groups is 1. The molecule has 2 saturated heterocycles. The van der Waals surface area contributed by atoms with Gasteiger partial charge in [0, 0.05) is 44.1 Å². The van der Waals surface area contributed by atoms with Gasteiger partial charge < -0.3 is 15.0 Å². The van der Waals surface area contributed by atoms with E-state index in [-0.39, 0.29) is 5.41 Å². The summed E-state index contributed by atoms with van der Waals surface area (Å²) in [7, 11) is 1.92. The van der Waals surface area contributed by atoms with Crippen LogP contribution in [-0.4, -0.2) is 49.7 Å². The van der Waals surface area contributed by atoms with Gasteiger partial charge >= 0.3 is 0 Å². The molecule has 3 fully saturated rings. The molecule has 3 aliphatic rings. The van der Waals surface area contributed by atoms with Gasteiger partial charge in [0.1, 0.15) is 0 Å². The largest absolute Gasteiger partial charge is 0.377 e. The van der Waals surface area contributed by atoms with Crippen LogP contribution in [0.15, 0.2) is 35.3 Å². The van der Waals surface area contributed by atoms with Crippen LogP contribution in [0.25, 0.3) is 0 Å². The third-order valence-corrected chi connectivity index (χ3v) is 6.55. The lowest BCUT2D eigenvalue weighted by Gasteiger charge is -2.55. The fraction of sp³-hybridized carbons (Fsp3) is 0.667. The van der Waals surface area contributed by atoms with E-state index in [4.69, 9.17) is 4.74 Å². The Morgan fingerprint density at radius 1 is 1.28 bits per heavy atom. The summed E-state index contributed by atoms with van der Waals surface area (Å²) in [6.45, 7) is 7.78. The molecular weight excluding hydrogens is 310 g/mol. The minimum absolute atomic E-state index is 0.195. The topological polar surface area (TPSA) is 36.9 Å². The number of aliphatic imine (C=N–C) groups is 1. The van der Waals surface area contributed by atoms with E-state index in [1.807, 2.05) is 7.05 Å². The number of ether oxygens (including phenoxy) is 1. The van der Waals surface area contributed by atoms with E-state index >= 15 is 0 Å². The van der Waals surface area contributed by atoms with E-state index in [0.29, 0.717) is 18.1 Å². The molecule has 1 N–H and O–H groups in total. The summed E-state index contributed by atoms with van der Waals surface area (Å²) in [4.78, 5) is 7.05. The normalized spacial score (nSPS) is 33.9. The first-order valence-corrected chi connectivity index (χ1v) is 9.73. The van der Waals surface area contributed by atoms with E-state index in [2.05, 4.69) is 59.4 Å². The zero-order chi connectivity index (χ0) is 17.4. The quantitative estimate of drug-likeness (QED) is 0.678. The van der Waals surface area contributed by atoms with Crippen LogP contribution in [0.1, 0.15) is 32.3 Å². The molecule has 1 aliphatic carbocycles. The summed E-state index contributed by atoms with van der Waals surface area (Å²) in [5.74, 6) is 2.45. The number of likely N-dealkylation sites (tertiary alicyclic amines) is 1. The molecule has 25 heavy (non-hydrogen) atoms. The summed E-state index contributed by atoms with van der Waals surface area (Å²) >= 11 is 0. The number of nitrogens with one attached hydrogen (secondary N) is 1. The van der Waals surface area contributed by atoms with Crippen LogP contribution >= 0.6 is 0 Å². The SMILES string of the molecule is CN=C(NC1C2CCOC2C1(C)C)N1CCC(Cc2ccccc2)C1. The molecule has 1 saturated carbocycles. The van der Waals surface area contributed by atoms with Crippen LogP contribution in [0, 0.1) is 17.3 Å². The second-order valence-electron chi connectivity index (χ2n) is 8.52. The predicted molar refractivity (Wildman–Crippen MR) is 102 cm³/mol. The third-order valence-electron chi connectivity index (χ3n) is 6.55. The van der Waals surface area contributed by atoms with Crippen molar-refractivity contribution in [3.05, 3.63) is 35.9 Å². The molecule has 0 bridgehead atoms. The van der Waals surface area contributed by atoms with Crippen molar-refractivity contribution in [2.45, 2.75) is 45.3 Å². The van der Waals surface area contributed by atoms with Crippen molar-refractivity contribution in [3.8, 4) is 0 Å². The molecule has 0 amide bonds. The Labute approximate surface area is 151 Å². The maximum absolute atomic E-state index is 5.93. The smallest absolute Gasteiger partial charge is 0.193 e. The average molecular weight is 341 g/mol. The van der Waals surface area contributed by atoms with Crippen molar-refractivity contribution in [1.29, 1.82) is 0 Å². The van der Waals surface area contributed by atoms with Crippen LogP contribution in [0.2, 0.25) is 0 Å². The molecule has 0 spiro atoms. The predicted octanol–water partition coefficient (Wildman–Crippen LogP) is 2.94. The molecule has 0 aromatic heterocycles. The summed E-state index contributed by atoms with van der Waals surface area (Å²) in [6, 6.07) is 11.3. The number of hydrogen-bond acceptors (Lipinski definition) is 2. The number of hydrogen-bond donors (Lipinski definition) is 1. The Bertz CT molecular complexity index is 627. The lowest BCUT2D eigenvalue weighted by atomic mass is 9.57. The monoisotopic (exact) mass is 341 g/mol. The van der Waals surface area contributed by atoms with Gasteiger partial charge in [0.05, 0.1) is 6.10 Å². The van der Waals surface area contributed by atoms with Crippen LogP contribution < -0.4 is 5.32 Å². The standard InChI is InChI=1S/C21H31N3O/c1-21(2)18(17-10-12-25-19(17)21)23-20(22-3)24-11-9-16(14-24)13-15-7-5-4-6-8-15/h4-8,16-19H,9-14H2,1-3H3,(H,22,23). The Balaban J connectivity index is 1.36. The van der Waals surface area contributed by atoms with Crippen molar-refractivity contribution in [2.75, 3.05) is 26.7 Å². The van der Waals surface area contributed by atoms with Crippen molar-refractivity contribution in [2.24, 2.45) is 22.2 Å².